The van der Waals surface area contributed by atoms with E-state index in [1.807, 2.05) is 31.2 Å². The fourth-order valence-corrected chi connectivity index (χ4v) is 1.96. The molecular formula is C11H12BrNO2. The predicted molar refractivity (Wildman–Crippen MR) is 62.0 cm³/mol. The number of ether oxygens (including phenoxy) is 1. The molecule has 1 amide bonds. The summed E-state index contributed by atoms with van der Waals surface area (Å²) >= 11 is 3.38. The number of hydrogen-bond donors (Lipinski definition) is 0. The summed E-state index contributed by atoms with van der Waals surface area (Å²) in [5.74, 6) is 0. The molecular weight excluding hydrogens is 258 g/mol. The van der Waals surface area contributed by atoms with Crippen LogP contribution in [0.25, 0.3) is 0 Å². The standard InChI is InChI=1S/C11H12BrNO2/c1-8-5-6-13(11(14)15-8)10-4-2-3-9(12)7-10/h2-4,7-8H,5-6H2,1H3. The van der Waals surface area contributed by atoms with Crippen LogP contribution in [0.3, 0.4) is 0 Å². The molecule has 1 fully saturated rings. The molecule has 1 atom stereocenters. The molecule has 15 heavy (non-hydrogen) atoms. The van der Waals surface area contributed by atoms with Crippen LogP contribution in [0.4, 0.5) is 10.5 Å². The van der Waals surface area contributed by atoms with Crippen molar-refractivity contribution in [2.75, 3.05) is 11.4 Å². The van der Waals surface area contributed by atoms with Crippen LogP contribution in [0.5, 0.6) is 0 Å². The number of amides is 1. The number of halogens is 1. The average Bonchev–Trinajstić information content (AvgIpc) is 2.17. The number of rotatable bonds is 1. The van der Waals surface area contributed by atoms with Crippen molar-refractivity contribution in [3.63, 3.8) is 0 Å². The fourth-order valence-electron chi connectivity index (χ4n) is 1.58. The number of carbonyl (C=O) groups is 1. The first-order valence-corrected chi connectivity index (χ1v) is 5.70. The fraction of sp³-hybridized carbons (Fsp3) is 0.364. The molecule has 0 bridgehead atoms. The molecule has 1 unspecified atom stereocenters. The van der Waals surface area contributed by atoms with Crippen LogP contribution in [0.15, 0.2) is 28.7 Å². The summed E-state index contributed by atoms with van der Waals surface area (Å²) in [6, 6.07) is 7.66. The molecule has 0 radical (unpaired) electrons. The van der Waals surface area contributed by atoms with E-state index in [-0.39, 0.29) is 12.2 Å². The quantitative estimate of drug-likeness (QED) is 0.784. The maximum absolute atomic E-state index is 11.6. The summed E-state index contributed by atoms with van der Waals surface area (Å²) in [5, 5.41) is 0. The van der Waals surface area contributed by atoms with Gasteiger partial charge in [-0.3, -0.25) is 4.90 Å². The molecule has 80 valence electrons. The van der Waals surface area contributed by atoms with Crippen LogP contribution in [0.2, 0.25) is 0 Å². The van der Waals surface area contributed by atoms with E-state index in [0.29, 0.717) is 0 Å². The molecule has 1 aromatic carbocycles. The SMILES string of the molecule is CC1CCN(c2cccc(Br)c2)C(=O)O1. The Balaban J connectivity index is 2.20. The van der Waals surface area contributed by atoms with Gasteiger partial charge >= 0.3 is 6.09 Å². The highest BCUT2D eigenvalue weighted by molar-refractivity contribution is 9.10. The van der Waals surface area contributed by atoms with E-state index in [4.69, 9.17) is 4.74 Å². The van der Waals surface area contributed by atoms with Crippen LogP contribution < -0.4 is 4.90 Å². The van der Waals surface area contributed by atoms with Gasteiger partial charge in [0.05, 0.1) is 0 Å². The largest absolute Gasteiger partial charge is 0.446 e. The van der Waals surface area contributed by atoms with Gasteiger partial charge < -0.3 is 4.74 Å². The molecule has 1 aliphatic rings. The summed E-state index contributed by atoms with van der Waals surface area (Å²) in [6.07, 6.45) is 0.644. The van der Waals surface area contributed by atoms with Crippen molar-refractivity contribution in [1.29, 1.82) is 0 Å². The van der Waals surface area contributed by atoms with Gasteiger partial charge in [-0.1, -0.05) is 22.0 Å². The second-order valence-corrected chi connectivity index (χ2v) is 4.53. The zero-order valence-corrected chi connectivity index (χ0v) is 10.0. The van der Waals surface area contributed by atoms with Crippen LogP contribution in [0.1, 0.15) is 13.3 Å². The summed E-state index contributed by atoms with van der Waals surface area (Å²) in [5.41, 5.74) is 0.876. The summed E-state index contributed by atoms with van der Waals surface area (Å²) < 4.78 is 6.13. The lowest BCUT2D eigenvalue weighted by molar-refractivity contribution is 0.0944. The lowest BCUT2D eigenvalue weighted by Crippen LogP contribution is -2.41. The minimum atomic E-state index is -0.258. The van der Waals surface area contributed by atoms with E-state index in [0.717, 1.165) is 23.1 Å². The van der Waals surface area contributed by atoms with Gasteiger partial charge in [0.15, 0.2) is 0 Å². The second-order valence-electron chi connectivity index (χ2n) is 3.61. The number of anilines is 1. The van der Waals surface area contributed by atoms with E-state index in [1.165, 1.54) is 0 Å². The molecule has 0 spiro atoms. The van der Waals surface area contributed by atoms with Crippen LogP contribution >= 0.6 is 15.9 Å². The number of carbonyl (C=O) groups excluding carboxylic acids is 1. The van der Waals surface area contributed by atoms with Crippen molar-refractivity contribution in [2.45, 2.75) is 19.4 Å². The Morgan fingerprint density at radius 3 is 3.00 bits per heavy atom. The third-order valence-corrected chi connectivity index (χ3v) is 2.89. The average molecular weight is 270 g/mol. The van der Waals surface area contributed by atoms with E-state index in [1.54, 1.807) is 4.90 Å². The third-order valence-electron chi connectivity index (χ3n) is 2.40. The highest BCUT2D eigenvalue weighted by Gasteiger charge is 2.25. The van der Waals surface area contributed by atoms with Gasteiger partial charge in [-0.25, -0.2) is 4.79 Å². The Morgan fingerprint density at radius 2 is 2.33 bits per heavy atom. The second kappa shape index (κ2) is 4.23. The molecule has 4 heteroatoms. The molecule has 3 nitrogen and oxygen atoms in total. The summed E-state index contributed by atoms with van der Waals surface area (Å²) in [6.45, 7) is 2.63. The van der Waals surface area contributed by atoms with Crippen molar-refractivity contribution in [3.8, 4) is 0 Å². The van der Waals surface area contributed by atoms with Crippen molar-refractivity contribution in [2.24, 2.45) is 0 Å². The first-order chi connectivity index (χ1) is 7.16. The summed E-state index contributed by atoms with van der Waals surface area (Å²) in [4.78, 5) is 13.3. The lowest BCUT2D eigenvalue weighted by Gasteiger charge is -2.30. The Hall–Kier alpha value is -1.03. The third kappa shape index (κ3) is 2.31. The highest BCUT2D eigenvalue weighted by atomic mass is 79.9. The van der Waals surface area contributed by atoms with Gasteiger partial charge in [0.1, 0.15) is 6.10 Å². The zero-order chi connectivity index (χ0) is 10.8. The number of cyclic esters (lactones) is 1. The molecule has 0 aliphatic carbocycles. The van der Waals surface area contributed by atoms with E-state index < -0.39 is 0 Å². The van der Waals surface area contributed by atoms with Gasteiger partial charge in [0.25, 0.3) is 0 Å². The Labute approximate surface area is 97.2 Å². The molecule has 1 aliphatic heterocycles. The van der Waals surface area contributed by atoms with Gasteiger partial charge in [0.2, 0.25) is 0 Å². The number of benzene rings is 1. The van der Waals surface area contributed by atoms with E-state index in [2.05, 4.69) is 15.9 Å². The maximum Gasteiger partial charge on any atom is 0.414 e. The highest BCUT2D eigenvalue weighted by Crippen LogP contribution is 2.23. The zero-order valence-electron chi connectivity index (χ0n) is 8.44. The number of nitrogens with zero attached hydrogens (tertiary/aromatic N) is 1. The predicted octanol–water partition coefficient (Wildman–Crippen LogP) is 3.18. The normalized spacial score (nSPS) is 21.3. The molecule has 0 N–H and O–H groups in total. The molecule has 1 aromatic rings. The van der Waals surface area contributed by atoms with Gasteiger partial charge in [-0.2, -0.15) is 0 Å². The van der Waals surface area contributed by atoms with Crippen molar-refractivity contribution in [1.82, 2.24) is 0 Å². The van der Waals surface area contributed by atoms with Gasteiger partial charge in [-0.05, 0) is 25.1 Å². The number of hydrogen-bond acceptors (Lipinski definition) is 2. The Bertz CT molecular complexity index is 381. The smallest absolute Gasteiger partial charge is 0.414 e. The molecule has 1 saturated heterocycles. The molecule has 1 heterocycles. The Morgan fingerprint density at radius 1 is 1.53 bits per heavy atom. The van der Waals surface area contributed by atoms with E-state index >= 15 is 0 Å². The van der Waals surface area contributed by atoms with Crippen LogP contribution in [0, 0.1) is 0 Å². The first kappa shape index (κ1) is 10.5. The van der Waals surface area contributed by atoms with Gasteiger partial charge in [-0.15, -0.1) is 0 Å². The van der Waals surface area contributed by atoms with Crippen LogP contribution in [-0.4, -0.2) is 18.7 Å². The maximum atomic E-state index is 11.6. The van der Waals surface area contributed by atoms with Crippen molar-refractivity contribution >= 4 is 27.7 Å². The lowest BCUT2D eigenvalue weighted by atomic mass is 10.2. The minimum absolute atomic E-state index is 0.0286. The molecule has 0 saturated carbocycles. The summed E-state index contributed by atoms with van der Waals surface area (Å²) in [7, 11) is 0. The topological polar surface area (TPSA) is 29.5 Å². The first-order valence-electron chi connectivity index (χ1n) is 4.90. The Kier molecular flexibility index (Phi) is 2.95. The molecule has 0 aromatic heterocycles. The van der Waals surface area contributed by atoms with Crippen molar-refractivity contribution in [3.05, 3.63) is 28.7 Å². The van der Waals surface area contributed by atoms with Crippen molar-refractivity contribution < 1.29 is 9.53 Å². The minimum Gasteiger partial charge on any atom is -0.446 e. The monoisotopic (exact) mass is 269 g/mol. The van der Waals surface area contributed by atoms with Crippen LogP contribution in [-0.2, 0) is 4.74 Å². The van der Waals surface area contributed by atoms with E-state index in [9.17, 15) is 4.79 Å². The van der Waals surface area contributed by atoms with Gasteiger partial charge in [0, 0.05) is 23.1 Å². The molecule has 2 rings (SSSR count).